The molecule has 0 saturated carbocycles. The molecule has 1 aromatic carbocycles. The molecular formula is C15H28ClNO6. The molecule has 0 aromatic heterocycles. The molecule has 8 N–H and O–H groups in total. The lowest BCUT2D eigenvalue weighted by atomic mass is 10.2. The van der Waals surface area contributed by atoms with Crippen LogP contribution in [0.3, 0.4) is 0 Å². The van der Waals surface area contributed by atoms with E-state index in [2.05, 4.69) is 4.90 Å². The molecule has 0 aliphatic rings. The van der Waals surface area contributed by atoms with Crippen molar-refractivity contribution in [3.8, 4) is 0 Å². The fourth-order valence-corrected chi connectivity index (χ4v) is 1.71. The molecule has 23 heavy (non-hydrogen) atoms. The molecule has 0 heterocycles. The SMILES string of the molecule is CC(=CCCN(C)C)C(=O)OC(Cl)c1ccccc1.O.O.O.O. The quantitative estimate of drug-likeness (QED) is 0.403. The number of esters is 1. The Kier molecular flexibility index (Phi) is 19.8. The van der Waals surface area contributed by atoms with Gasteiger partial charge in [0.15, 0.2) is 0 Å². The number of carbonyl (C=O) groups excluding carboxylic acids is 1. The molecule has 0 saturated heterocycles. The van der Waals surface area contributed by atoms with E-state index in [0.717, 1.165) is 18.5 Å². The molecule has 0 aliphatic carbocycles. The van der Waals surface area contributed by atoms with E-state index >= 15 is 0 Å². The fraction of sp³-hybridized carbons (Fsp3) is 0.400. The number of hydrogen-bond acceptors (Lipinski definition) is 3. The van der Waals surface area contributed by atoms with Gasteiger partial charge in [0.2, 0.25) is 5.56 Å². The van der Waals surface area contributed by atoms with Crippen molar-refractivity contribution in [1.29, 1.82) is 0 Å². The van der Waals surface area contributed by atoms with E-state index in [-0.39, 0.29) is 27.9 Å². The molecule has 0 fully saturated rings. The third-order valence-corrected chi connectivity index (χ3v) is 2.96. The summed E-state index contributed by atoms with van der Waals surface area (Å²) in [6, 6.07) is 9.27. The van der Waals surface area contributed by atoms with Crippen molar-refractivity contribution in [3.63, 3.8) is 0 Å². The zero-order valence-electron chi connectivity index (χ0n) is 13.6. The Morgan fingerprint density at radius 1 is 1.17 bits per heavy atom. The molecule has 136 valence electrons. The normalized spacial score (nSPS) is 11.1. The van der Waals surface area contributed by atoms with Gasteiger partial charge in [-0.1, -0.05) is 48.0 Å². The summed E-state index contributed by atoms with van der Waals surface area (Å²) < 4.78 is 5.20. The van der Waals surface area contributed by atoms with E-state index in [1.54, 1.807) is 6.92 Å². The molecule has 0 amide bonds. The van der Waals surface area contributed by atoms with Gasteiger partial charge in [-0.25, -0.2) is 4.79 Å². The Morgan fingerprint density at radius 3 is 2.17 bits per heavy atom. The maximum atomic E-state index is 11.8. The van der Waals surface area contributed by atoms with Gasteiger partial charge in [0.25, 0.3) is 0 Å². The summed E-state index contributed by atoms with van der Waals surface area (Å²) in [5.41, 5.74) is 0.618. The van der Waals surface area contributed by atoms with Gasteiger partial charge >= 0.3 is 5.97 Å². The Labute approximate surface area is 141 Å². The van der Waals surface area contributed by atoms with Crippen molar-refractivity contribution in [3.05, 3.63) is 47.5 Å². The van der Waals surface area contributed by atoms with Gasteiger partial charge in [-0.2, -0.15) is 0 Å². The second-order valence-electron chi connectivity index (χ2n) is 4.61. The van der Waals surface area contributed by atoms with Gasteiger partial charge in [0.05, 0.1) is 0 Å². The molecule has 1 unspecified atom stereocenters. The Hall–Kier alpha value is -1.48. The average Bonchev–Trinajstić information content (AvgIpc) is 2.39. The monoisotopic (exact) mass is 353 g/mol. The zero-order chi connectivity index (χ0) is 14.3. The molecule has 1 rings (SSSR count). The summed E-state index contributed by atoms with van der Waals surface area (Å²) in [5, 5.41) is 0. The summed E-state index contributed by atoms with van der Waals surface area (Å²) in [7, 11) is 3.98. The number of hydrogen-bond donors (Lipinski definition) is 0. The van der Waals surface area contributed by atoms with Gasteiger partial charge in [0, 0.05) is 17.7 Å². The number of alkyl halides is 1. The van der Waals surface area contributed by atoms with Gasteiger partial charge < -0.3 is 31.5 Å². The van der Waals surface area contributed by atoms with Crippen LogP contribution in [-0.4, -0.2) is 53.4 Å². The summed E-state index contributed by atoms with van der Waals surface area (Å²) in [4.78, 5) is 13.9. The van der Waals surface area contributed by atoms with Crippen LogP contribution in [0.5, 0.6) is 0 Å². The predicted molar refractivity (Wildman–Crippen MR) is 92.5 cm³/mol. The maximum absolute atomic E-state index is 11.8. The van der Waals surface area contributed by atoms with E-state index < -0.39 is 5.56 Å². The van der Waals surface area contributed by atoms with E-state index in [9.17, 15) is 4.79 Å². The lowest BCUT2D eigenvalue weighted by molar-refractivity contribution is -0.141. The average molecular weight is 354 g/mol. The van der Waals surface area contributed by atoms with Gasteiger partial charge in [-0.3, -0.25) is 0 Å². The minimum absolute atomic E-state index is 0. The highest BCUT2D eigenvalue weighted by molar-refractivity contribution is 6.20. The largest absolute Gasteiger partial charge is 0.438 e. The van der Waals surface area contributed by atoms with Crippen molar-refractivity contribution < 1.29 is 31.4 Å². The first-order valence-electron chi connectivity index (χ1n) is 6.22. The molecule has 8 heteroatoms. The first-order valence-corrected chi connectivity index (χ1v) is 6.66. The van der Waals surface area contributed by atoms with E-state index in [1.807, 2.05) is 50.5 Å². The van der Waals surface area contributed by atoms with Crippen LogP contribution in [0.2, 0.25) is 0 Å². The molecule has 0 spiro atoms. The number of rotatable bonds is 6. The molecule has 0 bridgehead atoms. The molecular weight excluding hydrogens is 326 g/mol. The molecule has 1 atom stereocenters. The summed E-state index contributed by atoms with van der Waals surface area (Å²) in [6.45, 7) is 2.64. The Balaban J connectivity index is -0.000000451. The number of halogens is 1. The summed E-state index contributed by atoms with van der Waals surface area (Å²) in [6.07, 6.45) is 2.68. The van der Waals surface area contributed by atoms with Crippen molar-refractivity contribution in [2.75, 3.05) is 20.6 Å². The number of nitrogens with zero attached hydrogens (tertiary/aromatic N) is 1. The van der Waals surface area contributed by atoms with Crippen molar-refractivity contribution in [1.82, 2.24) is 4.90 Å². The second kappa shape index (κ2) is 15.4. The minimum atomic E-state index is -0.745. The van der Waals surface area contributed by atoms with Crippen molar-refractivity contribution in [2.24, 2.45) is 0 Å². The van der Waals surface area contributed by atoms with Crippen LogP contribution in [0, 0.1) is 0 Å². The van der Waals surface area contributed by atoms with Crippen LogP contribution in [0.4, 0.5) is 0 Å². The topological polar surface area (TPSA) is 156 Å². The van der Waals surface area contributed by atoms with Crippen LogP contribution in [0.25, 0.3) is 0 Å². The van der Waals surface area contributed by atoms with E-state index in [4.69, 9.17) is 16.3 Å². The van der Waals surface area contributed by atoms with E-state index in [1.165, 1.54) is 0 Å². The number of carbonyl (C=O) groups is 1. The minimum Gasteiger partial charge on any atom is -0.438 e. The highest BCUT2D eigenvalue weighted by Gasteiger charge is 2.14. The predicted octanol–water partition coefficient (Wildman–Crippen LogP) is 0.0664. The van der Waals surface area contributed by atoms with Crippen LogP contribution >= 0.6 is 11.6 Å². The van der Waals surface area contributed by atoms with Crippen molar-refractivity contribution in [2.45, 2.75) is 18.9 Å². The Morgan fingerprint density at radius 2 is 1.70 bits per heavy atom. The standard InChI is InChI=1S/C15H20ClNO2.4H2O/c1-12(8-7-11-17(2)3)15(18)19-14(16)13-9-5-4-6-10-13;;;;/h4-6,8-10,14H,7,11H2,1-3H3;4*1H2. The van der Waals surface area contributed by atoms with Crippen LogP contribution in [0.1, 0.15) is 24.5 Å². The Bertz CT molecular complexity index is 439. The third kappa shape index (κ3) is 11.7. The summed E-state index contributed by atoms with van der Waals surface area (Å²) in [5.74, 6) is -0.373. The first-order chi connectivity index (χ1) is 9.00. The molecule has 1 aromatic rings. The lowest BCUT2D eigenvalue weighted by Crippen LogP contribution is -2.13. The van der Waals surface area contributed by atoms with Gasteiger partial charge in [-0.15, -0.1) is 0 Å². The molecule has 7 nitrogen and oxygen atoms in total. The lowest BCUT2D eigenvalue weighted by Gasteiger charge is -2.12. The van der Waals surface area contributed by atoms with Crippen LogP contribution < -0.4 is 0 Å². The van der Waals surface area contributed by atoms with Gasteiger partial charge in [0.1, 0.15) is 0 Å². The van der Waals surface area contributed by atoms with Crippen molar-refractivity contribution >= 4 is 17.6 Å². The molecule has 0 aliphatic heterocycles. The highest BCUT2D eigenvalue weighted by atomic mass is 35.5. The van der Waals surface area contributed by atoms with Gasteiger partial charge in [-0.05, 0) is 27.4 Å². The second-order valence-corrected chi connectivity index (χ2v) is 5.01. The highest BCUT2D eigenvalue weighted by Crippen LogP contribution is 2.22. The zero-order valence-corrected chi connectivity index (χ0v) is 14.4. The van der Waals surface area contributed by atoms with Crippen LogP contribution in [-0.2, 0) is 9.53 Å². The fourth-order valence-electron chi connectivity index (χ4n) is 1.48. The number of benzene rings is 1. The smallest absolute Gasteiger partial charge is 0.335 e. The third-order valence-electron chi connectivity index (χ3n) is 2.62. The van der Waals surface area contributed by atoms with Crippen LogP contribution in [0.15, 0.2) is 42.0 Å². The molecule has 0 radical (unpaired) electrons. The summed E-state index contributed by atoms with van der Waals surface area (Å²) >= 11 is 6.05. The first kappa shape index (κ1) is 29.5. The number of ether oxygens (including phenoxy) is 1. The van der Waals surface area contributed by atoms with E-state index in [0.29, 0.717) is 5.57 Å². The maximum Gasteiger partial charge on any atom is 0.335 e.